The Morgan fingerprint density at radius 1 is 1.25 bits per heavy atom. The Morgan fingerprint density at radius 3 is 2.75 bits per heavy atom. The van der Waals surface area contributed by atoms with Crippen LogP contribution in [0.4, 0.5) is 0 Å². The second-order valence-electron chi connectivity index (χ2n) is 4.44. The van der Waals surface area contributed by atoms with Gasteiger partial charge in [0.25, 0.3) is 0 Å². The fourth-order valence-electron chi connectivity index (χ4n) is 2.00. The van der Waals surface area contributed by atoms with Crippen molar-refractivity contribution in [2.75, 3.05) is 0 Å². The minimum absolute atomic E-state index is 0.217. The average Bonchev–Trinajstić information content (AvgIpc) is 2.84. The topological polar surface area (TPSA) is 68.0 Å². The number of nitrogens with zero attached hydrogens (tertiary/aromatic N) is 3. The first-order valence-electron chi connectivity index (χ1n) is 5.91. The van der Waals surface area contributed by atoms with E-state index >= 15 is 0 Å². The largest absolute Gasteiger partial charge is 0.478 e. The van der Waals surface area contributed by atoms with Gasteiger partial charge in [0.05, 0.1) is 16.8 Å². The van der Waals surface area contributed by atoms with Crippen LogP contribution in [0.15, 0.2) is 40.9 Å². The van der Waals surface area contributed by atoms with Crippen LogP contribution in [0.5, 0.6) is 0 Å². The van der Waals surface area contributed by atoms with E-state index in [0.717, 1.165) is 15.7 Å². The number of aryl methyl sites for hydroxylation is 1. The molecule has 1 heterocycles. The molecule has 6 heteroatoms. The van der Waals surface area contributed by atoms with Crippen LogP contribution in [0, 0.1) is 6.92 Å². The third-order valence-electron chi connectivity index (χ3n) is 3.08. The number of hydrogen-bond acceptors (Lipinski definition) is 3. The Morgan fingerprint density at radius 2 is 2.05 bits per heavy atom. The first kappa shape index (κ1) is 12.8. The molecule has 3 rings (SSSR count). The summed E-state index contributed by atoms with van der Waals surface area (Å²) < 4.78 is 2.65. The van der Waals surface area contributed by atoms with Crippen LogP contribution in [0.3, 0.4) is 0 Å². The monoisotopic (exact) mass is 331 g/mol. The van der Waals surface area contributed by atoms with E-state index in [1.165, 1.54) is 6.07 Å². The third-order valence-corrected chi connectivity index (χ3v) is 3.97. The number of carbonyl (C=O) groups is 1. The molecule has 0 saturated carbocycles. The molecule has 0 fully saturated rings. The number of carboxylic acid groups (broad SMARTS) is 1. The van der Waals surface area contributed by atoms with Gasteiger partial charge in [0.15, 0.2) is 0 Å². The summed E-state index contributed by atoms with van der Waals surface area (Å²) in [6.45, 7) is 1.98. The first-order valence-corrected chi connectivity index (χ1v) is 6.71. The standard InChI is InChI=1S/C14H10BrN3O2/c1-8-6-10(3-4-11(8)15)18-13-7-9(14(19)20)2-5-12(13)16-17-18/h2-7H,1H3,(H,19,20). The molecule has 20 heavy (non-hydrogen) atoms. The Kier molecular flexibility index (Phi) is 3.02. The lowest BCUT2D eigenvalue weighted by atomic mass is 10.2. The Hall–Kier alpha value is -2.21. The molecule has 0 aliphatic rings. The van der Waals surface area contributed by atoms with Crippen molar-refractivity contribution in [2.45, 2.75) is 6.92 Å². The Labute approximate surface area is 123 Å². The molecule has 0 unspecified atom stereocenters. The second-order valence-corrected chi connectivity index (χ2v) is 5.30. The molecule has 0 spiro atoms. The normalized spacial score (nSPS) is 10.9. The molecule has 1 aromatic heterocycles. The van der Waals surface area contributed by atoms with E-state index in [2.05, 4.69) is 26.2 Å². The zero-order valence-electron chi connectivity index (χ0n) is 10.5. The number of aromatic carboxylic acids is 1. The zero-order valence-corrected chi connectivity index (χ0v) is 12.1. The summed E-state index contributed by atoms with van der Waals surface area (Å²) in [5, 5.41) is 17.2. The molecular weight excluding hydrogens is 322 g/mol. The fourth-order valence-corrected chi connectivity index (χ4v) is 2.25. The van der Waals surface area contributed by atoms with Crippen molar-refractivity contribution in [3.63, 3.8) is 0 Å². The van der Waals surface area contributed by atoms with Crippen molar-refractivity contribution in [3.05, 3.63) is 52.0 Å². The van der Waals surface area contributed by atoms with Crippen LogP contribution in [0.2, 0.25) is 0 Å². The van der Waals surface area contributed by atoms with Gasteiger partial charge in [-0.2, -0.15) is 0 Å². The van der Waals surface area contributed by atoms with Gasteiger partial charge in [-0.15, -0.1) is 5.10 Å². The molecule has 3 aromatic rings. The summed E-state index contributed by atoms with van der Waals surface area (Å²) in [4.78, 5) is 11.1. The van der Waals surface area contributed by atoms with Gasteiger partial charge in [-0.25, -0.2) is 9.48 Å². The van der Waals surface area contributed by atoms with E-state index < -0.39 is 5.97 Å². The SMILES string of the molecule is Cc1cc(-n2nnc3ccc(C(=O)O)cc32)ccc1Br. The number of hydrogen-bond donors (Lipinski definition) is 1. The summed E-state index contributed by atoms with van der Waals surface area (Å²) in [6.07, 6.45) is 0. The van der Waals surface area contributed by atoms with Crippen LogP contribution < -0.4 is 0 Å². The second kappa shape index (κ2) is 4.72. The van der Waals surface area contributed by atoms with Gasteiger partial charge < -0.3 is 5.11 Å². The van der Waals surface area contributed by atoms with Crippen LogP contribution in [0.25, 0.3) is 16.7 Å². The third kappa shape index (κ3) is 2.08. The first-order chi connectivity index (χ1) is 9.56. The molecule has 0 saturated heterocycles. The summed E-state index contributed by atoms with van der Waals surface area (Å²) >= 11 is 3.45. The average molecular weight is 332 g/mol. The van der Waals surface area contributed by atoms with E-state index in [1.807, 2.05) is 25.1 Å². The minimum Gasteiger partial charge on any atom is -0.478 e. The Balaban J connectivity index is 2.22. The van der Waals surface area contributed by atoms with Crippen molar-refractivity contribution < 1.29 is 9.90 Å². The van der Waals surface area contributed by atoms with Gasteiger partial charge in [0.2, 0.25) is 0 Å². The highest BCUT2D eigenvalue weighted by Gasteiger charge is 2.11. The van der Waals surface area contributed by atoms with Gasteiger partial charge >= 0.3 is 5.97 Å². The molecule has 0 radical (unpaired) electrons. The van der Waals surface area contributed by atoms with Crippen LogP contribution in [-0.4, -0.2) is 26.1 Å². The molecular formula is C14H10BrN3O2. The number of carboxylic acids is 1. The van der Waals surface area contributed by atoms with Crippen LogP contribution >= 0.6 is 15.9 Å². The van der Waals surface area contributed by atoms with Gasteiger partial charge in [0.1, 0.15) is 5.52 Å². The number of fused-ring (bicyclic) bond motifs is 1. The van der Waals surface area contributed by atoms with Crippen molar-refractivity contribution >= 4 is 32.9 Å². The van der Waals surface area contributed by atoms with E-state index in [-0.39, 0.29) is 5.56 Å². The molecule has 5 nitrogen and oxygen atoms in total. The molecule has 0 bridgehead atoms. The fraction of sp³-hybridized carbons (Fsp3) is 0.0714. The maximum atomic E-state index is 11.1. The molecule has 2 aromatic carbocycles. The Bertz CT molecular complexity index is 826. The highest BCUT2D eigenvalue weighted by molar-refractivity contribution is 9.10. The van der Waals surface area contributed by atoms with Crippen molar-refractivity contribution in [2.24, 2.45) is 0 Å². The van der Waals surface area contributed by atoms with Crippen LogP contribution in [-0.2, 0) is 0 Å². The van der Waals surface area contributed by atoms with E-state index in [4.69, 9.17) is 5.11 Å². The van der Waals surface area contributed by atoms with Gasteiger partial charge in [-0.1, -0.05) is 21.1 Å². The predicted octanol–water partition coefficient (Wildman–Crippen LogP) is 3.19. The molecule has 0 amide bonds. The lowest BCUT2D eigenvalue weighted by molar-refractivity contribution is 0.0697. The molecule has 100 valence electrons. The summed E-state index contributed by atoms with van der Waals surface area (Å²) in [5.74, 6) is -0.966. The maximum Gasteiger partial charge on any atom is 0.335 e. The summed E-state index contributed by atoms with van der Waals surface area (Å²) in [5.41, 5.74) is 3.47. The highest BCUT2D eigenvalue weighted by Crippen LogP contribution is 2.22. The van der Waals surface area contributed by atoms with Crippen molar-refractivity contribution in [1.29, 1.82) is 0 Å². The van der Waals surface area contributed by atoms with Crippen molar-refractivity contribution in [1.82, 2.24) is 15.0 Å². The van der Waals surface area contributed by atoms with Gasteiger partial charge in [-0.05, 0) is 48.9 Å². The zero-order chi connectivity index (χ0) is 14.3. The highest BCUT2D eigenvalue weighted by atomic mass is 79.9. The molecule has 1 N–H and O–H groups in total. The minimum atomic E-state index is -0.966. The molecule has 0 aliphatic carbocycles. The summed E-state index contributed by atoms with van der Waals surface area (Å²) in [7, 11) is 0. The van der Waals surface area contributed by atoms with Gasteiger partial charge in [-0.3, -0.25) is 0 Å². The number of aromatic nitrogens is 3. The van der Waals surface area contributed by atoms with E-state index in [0.29, 0.717) is 11.0 Å². The maximum absolute atomic E-state index is 11.1. The molecule has 0 atom stereocenters. The number of rotatable bonds is 2. The van der Waals surface area contributed by atoms with Crippen molar-refractivity contribution in [3.8, 4) is 5.69 Å². The summed E-state index contributed by atoms with van der Waals surface area (Å²) in [6, 6.07) is 10.6. The quantitative estimate of drug-likeness (QED) is 0.783. The van der Waals surface area contributed by atoms with Gasteiger partial charge in [0, 0.05) is 4.47 Å². The molecule has 0 aliphatic heterocycles. The number of benzene rings is 2. The van der Waals surface area contributed by atoms with E-state index in [9.17, 15) is 4.79 Å². The van der Waals surface area contributed by atoms with Crippen LogP contribution in [0.1, 0.15) is 15.9 Å². The van der Waals surface area contributed by atoms with E-state index in [1.54, 1.807) is 16.8 Å². The smallest absolute Gasteiger partial charge is 0.335 e. The number of halogens is 1. The lowest BCUT2D eigenvalue weighted by Gasteiger charge is -2.05. The predicted molar refractivity (Wildman–Crippen MR) is 78.3 cm³/mol. The lowest BCUT2D eigenvalue weighted by Crippen LogP contribution is -1.99.